The Hall–Kier alpha value is -0.380. The summed E-state index contributed by atoms with van der Waals surface area (Å²) in [4.78, 5) is 3.06. The van der Waals surface area contributed by atoms with E-state index in [1.165, 1.54) is 11.8 Å². The maximum Gasteiger partial charge on any atom is 0.237 e. The lowest BCUT2D eigenvalue weighted by molar-refractivity contribution is 0.0304. The second kappa shape index (κ2) is 4.87. The van der Waals surface area contributed by atoms with E-state index in [1.807, 2.05) is 29.2 Å². The molecule has 0 bridgehead atoms. The molecule has 0 saturated carbocycles. The van der Waals surface area contributed by atoms with Crippen LogP contribution in [0.15, 0.2) is 29.2 Å². The third kappa shape index (κ3) is 2.26. The Morgan fingerprint density at radius 3 is 2.74 bits per heavy atom. The van der Waals surface area contributed by atoms with Crippen molar-refractivity contribution in [2.24, 2.45) is 5.14 Å². The highest BCUT2D eigenvalue weighted by Gasteiger charge is 2.50. The molecule has 1 saturated heterocycles. The lowest BCUT2D eigenvalue weighted by atomic mass is 10.3. The number of hydrogen-bond donors (Lipinski definition) is 2. The van der Waals surface area contributed by atoms with Gasteiger partial charge in [0.05, 0.1) is 18.9 Å². The number of hydrogen-bond acceptors (Lipinski definition) is 6. The number of thioether (sulfide) groups is 1. The third-order valence-electron chi connectivity index (χ3n) is 3.24. The minimum Gasteiger partial charge on any atom is -0.379 e. The summed E-state index contributed by atoms with van der Waals surface area (Å²) in [5.74, 6) is 0. The largest absolute Gasteiger partial charge is 0.379 e. The van der Waals surface area contributed by atoms with Gasteiger partial charge in [-0.1, -0.05) is 23.9 Å². The zero-order chi connectivity index (χ0) is 13.5. The van der Waals surface area contributed by atoms with Gasteiger partial charge in [-0.15, -0.1) is 0 Å². The van der Waals surface area contributed by atoms with Crippen LogP contribution in [0.25, 0.3) is 0 Å². The molecule has 104 valence electrons. The summed E-state index contributed by atoms with van der Waals surface area (Å²) in [6.45, 7) is 2.54. The van der Waals surface area contributed by atoms with E-state index in [-0.39, 0.29) is 0 Å². The van der Waals surface area contributed by atoms with Gasteiger partial charge in [0, 0.05) is 29.2 Å². The van der Waals surface area contributed by atoms with Gasteiger partial charge in [0.1, 0.15) is 8.68 Å². The van der Waals surface area contributed by atoms with Crippen molar-refractivity contribution in [3.8, 4) is 0 Å². The smallest absolute Gasteiger partial charge is 0.237 e. The van der Waals surface area contributed by atoms with Crippen LogP contribution in [0.4, 0.5) is 5.69 Å². The SMILES string of the molecule is NS(=O)(=S)C1(N2CCOCC2)Nc2ccccc2S1. The van der Waals surface area contributed by atoms with E-state index in [4.69, 9.17) is 21.1 Å². The van der Waals surface area contributed by atoms with Crippen molar-refractivity contribution in [3.05, 3.63) is 24.3 Å². The summed E-state index contributed by atoms with van der Waals surface area (Å²) in [7, 11) is -2.98. The fourth-order valence-electron chi connectivity index (χ4n) is 2.31. The van der Waals surface area contributed by atoms with E-state index in [2.05, 4.69) is 5.32 Å². The Bertz CT molecular complexity index is 560. The molecule has 1 fully saturated rings. The molecule has 5 nitrogen and oxygen atoms in total. The highest BCUT2D eigenvalue weighted by Crippen LogP contribution is 2.49. The summed E-state index contributed by atoms with van der Waals surface area (Å²) < 4.78 is 16.9. The minimum atomic E-state index is -2.98. The van der Waals surface area contributed by atoms with Gasteiger partial charge in [-0.05, 0) is 12.1 Å². The monoisotopic (exact) mass is 317 g/mol. The number of para-hydroxylation sites is 1. The fraction of sp³-hybridized carbons (Fsp3) is 0.455. The van der Waals surface area contributed by atoms with Crippen LogP contribution in [0, 0.1) is 0 Å². The Morgan fingerprint density at radius 2 is 2.11 bits per heavy atom. The predicted octanol–water partition coefficient (Wildman–Crippen LogP) is 0.768. The first-order valence-corrected chi connectivity index (χ1v) is 9.30. The van der Waals surface area contributed by atoms with Gasteiger partial charge in [0.25, 0.3) is 0 Å². The second-order valence-electron chi connectivity index (χ2n) is 4.45. The molecule has 19 heavy (non-hydrogen) atoms. The van der Waals surface area contributed by atoms with Crippen LogP contribution in [-0.2, 0) is 24.6 Å². The Labute approximate surface area is 121 Å². The molecule has 2 atom stereocenters. The quantitative estimate of drug-likeness (QED) is 0.840. The average Bonchev–Trinajstić information content (AvgIpc) is 2.80. The molecule has 2 unspecified atom stereocenters. The number of rotatable bonds is 2. The molecule has 0 aromatic heterocycles. The lowest BCUT2D eigenvalue weighted by Crippen LogP contribution is -2.60. The fourth-order valence-corrected chi connectivity index (χ4v) is 5.74. The first-order valence-electron chi connectivity index (χ1n) is 5.94. The van der Waals surface area contributed by atoms with E-state index in [9.17, 15) is 4.21 Å². The molecule has 3 rings (SSSR count). The van der Waals surface area contributed by atoms with E-state index in [0.717, 1.165) is 10.6 Å². The molecule has 0 spiro atoms. The van der Waals surface area contributed by atoms with Crippen molar-refractivity contribution in [1.82, 2.24) is 4.90 Å². The van der Waals surface area contributed by atoms with E-state index in [1.54, 1.807) is 0 Å². The zero-order valence-corrected chi connectivity index (χ0v) is 12.7. The van der Waals surface area contributed by atoms with Crippen molar-refractivity contribution in [3.63, 3.8) is 0 Å². The maximum absolute atomic E-state index is 12.5. The zero-order valence-electron chi connectivity index (χ0n) is 10.2. The summed E-state index contributed by atoms with van der Waals surface area (Å²) in [5, 5.41) is 9.15. The van der Waals surface area contributed by atoms with Crippen LogP contribution in [-0.4, -0.2) is 39.7 Å². The summed E-state index contributed by atoms with van der Waals surface area (Å²) in [6.07, 6.45) is 0. The van der Waals surface area contributed by atoms with Crippen molar-refractivity contribution >= 4 is 37.3 Å². The summed E-state index contributed by atoms with van der Waals surface area (Å²) >= 11 is 6.58. The molecule has 0 radical (unpaired) electrons. The van der Waals surface area contributed by atoms with Crippen LogP contribution < -0.4 is 10.5 Å². The van der Waals surface area contributed by atoms with Crippen molar-refractivity contribution in [1.29, 1.82) is 0 Å². The number of fused-ring (bicyclic) bond motifs is 1. The van der Waals surface area contributed by atoms with Gasteiger partial charge in [-0.25, -0.2) is 9.35 Å². The number of morpholine rings is 1. The highest BCUT2D eigenvalue weighted by molar-refractivity contribution is 8.37. The molecule has 1 aromatic carbocycles. The van der Waals surface area contributed by atoms with Crippen LogP contribution >= 0.6 is 11.8 Å². The molecule has 0 amide bonds. The van der Waals surface area contributed by atoms with Crippen LogP contribution in [0.1, 0.15) is 0 Å². The van der Waals surface area contributed by atoms with Crippen LogP contribution in [0.3, 0.4) is 0 Å². The number of anilines is 1. The predicted molar refractivity (Wildman–Crippen MR) is 80.7 cm³/mol. The Kier molecular flexibility index (Phi) is 3.48. The van der Waals surface area contributed by atoms with Gasteiger partial charge in [0.2, 0.25) is 4.33 Å². The van der Waals surface area contributed by atoms with Crippen molar-refractivity contribution in [2.45, 2.75) is 9.22 Å². The summed E-state index contributed by atoms with van der Waals surface area (Å²) in [6, 6.07) is 7.81. The molecule has 1 aromatic rings. The van der Waals surface area contributed by atoms with Gasteiger partial charge in [-0.3, -0.25) is 4.90 Å². The maximum atomic E-state index is 12.5. The van der Waals surface area contributed by atoms with Gasteiger partial charge >= 0.3 is 0 Å². The topological polar surface area (TPSA) is 67.6 Å². The van der Waals surface area contributed by atoms with Crippen LogP contribution in [0.2, 0.25) is 0 Å². The minimum absolute atomic E-state index is 0.602. The van der Waals surface area contributed by atoms with E-state index in [0.29, 0.717) is 26.3 Å². The molecule has 2 aliphatic rings. The van der Waals surface area contributed by atoms with Gasteiger partial charge in [0.15, 0.2) is 0 Å². The molecular weight excluding hydrogens is 302 g/mol. The normalized spacial score (nSPS) is 30.4. The summed E-state index contributed by atoms with van der Waals surface area (Å²) in [5.41, 5.74) is 0.932. The van der Waals surface area contributed by atoms with Gasteiger partial charge < -0.3 is 10.1 Å². The average molecular weight is 317 g/mol. The number of nitrogens with one attached hydrogen (secondary N) is 1. The van der Waals surface area contributed by atoms with Crippen molar-refractivity contribution < 1.29 is 8.95 Å². The van der Waals surface area contributed by atoms with Crippen LogP contribution in [0.5, 0.6) is 0 Å². The number of benzene rings is 1. The molecule has 2 heterocycles. The molecule has 2 aliphatic heterocycles. The molecule has 0 aliphatic carbocycles. The second-order valence-corrected chi connectivity index (χ2v) is 9.11. The Morgan fingerprint density at radius 1 is 1.42 bits per heavy atom. The van der Waals surface area contributed by atoms with Gasteiger partial charge in [-0.2, -0.15) is 0 Å². The van der Waals surface area contributed by atoms with Crippen molar-refractivity contribution in [2.75, 3.05) is 31.6 Å². The number of ether oxygens (including phenoxy) is 1. The van der Waals surface area contributed by atoms with E-state index < -0.39 is 13.0 Å². The Balaban J connectivity index is 2.02. The highest BCUT2D eigenvalue weighted by atomic mass is 32.8. The standard InChI is InChI=1S/C11H15N3O2S3/c12-19(15,17)11(14-5-7-16-8-6-14)13-9-3-1-2-4-10(9)18-11/h1-4,13H,5-8H2,(H2,12,15,17). The number of nitrogens with zero attached hydrogens (tertiary/aromatic N) is 1. The number of nitrogens with two attached hydrogens (primary N) is 1. The molecule has 3 N–H and O–H groups in total. The molecular formula is C11H15N3O2S3. The lowest BCUT2D eigenvalue weighted by Gasteiger charge is -2.41. The third-order valence-corrected chi connectivity index (χ3v) is 7.62. The first kappa shape index (κ1) is 13.6. The first-order chi connectivity index (χ1) is 9.03. The van der Waals surface area contributed by atoms with E-state index >= 15 is 0 Å². The molecule has 8 heteroatoms.